The first-order valence-corrected chi connectivity index (χ1v) is 13.2. The zero-order valence-corrected chi connectivity index (χ0v) is 20.7. The first kappa shape index (κ1) is 24.9. The van der Waals surface area contributed by atoms with Gasteiger partial charge in [0, 0.05) is 39.3 Å². The molecule has 8 heteroatoms. The lowest BCUT2D eigenvalue weighted by atomic mass is 10.2. The zero-order valence-electron chi connectivity index (χ0n) is 19.9. The van der Waals surface area contributed by atoms with Gasteiger partial charge in [0.15, 0.2) is 6.61 Å². The maximum absolute atomic E-state index is 12.7. The van der Waals surface area contributed by atoms with Crippen molar-refractivity contribution in [2.45, 2.75) is 24.9 Å². The van der Waals surface area contributed by atoms with E-state index in [1.165, 1.54) is 11.6 Å². The maximum atomic E-state index is 12.7. The molecule has 0 spiro atoms. The third-order valence-corrected chi connectivity index (χ3v) is 7.49. The Morgan fingerprint density at radius 1 is 0.886 bits per heavy atom. The van der Waals surface area contributed by atoms with Gasteiger partial charge in [0.1, 0.15) is 5.75 Å². The Hall–Kier alpha value is -3.20. The second kappa shape index (κ2) is 11.5. The van der Waals surface area contributed by atoms with Gasteiger partial charge in [-0.05, 0) is 41.8 Å². The van der Waals surface area contributed by atoms with Crippen LogP contribution in [0.15, 0.2) is 83.8 Å². The number of benzene rings is 3. The van der Waals surface area contributed by atoms with E-state index in [1.54, 1.807) is 19.1 Å². The first-order chi connectivity index (χ1) is 16.9. The zero-order chi connectivity index (χ0) is 24.7. The highest BCUT2D eigenvalue weighted by atomic mass is 32.2. The number of carbonyl (C=O) groups excluding carboxylic acids is 1. The molecule has 1 aliphatic rings. The largest absolute Gasteiger partial charge is 0.483 e. The van der Waals surface area contributed by atoms with Gasteiger partial charge in [0.25, 0.3) is 5.91 Å². The fraction of sp³-hybridized carbons (Fsp3) is 0.296. The second-order valence-corrected chi connectivity index (χ2v) is 10.4. The van der Waals surface area contributed by atoms with Crippen LogP contribution >= 0.6 is 0 Å². The number of carbonyl (C=O) groups is 1. The number of nitrogens with zero attached hydrogens (tertiary/aromatic N) is 2. The van der Waals surface area contributed by atoms with Crippen LogP contribution in [-0.2, 0) is 27.9 Å². The highest BCUT2D eigenvalue weighted by Crippen LogP contribution is 2.22. The molecule has 1 saturated heterocycles. The number of hydrogen-bond donors (Lipinski definition) is 1. The van der Waals surface area contributed by atoms with Gasteiger partial charge in [-0.3, -0.25) is 9.69 Å². The minimum Gasteiger partial charge on any atom is -0.483 e. The summed E-state index contributed by atoms with van der Waals surface area (Å²) in [6.45, 7) is 5.78. The van der Waals surface area contributed by atoms with Gasteiger partial charge in [-0.1, -0.05) is 60.7 Å². The third-order valence-electron chi connectivity index (χ3n) is 6.09. The second-order valence-electron chi connectivity index (χ2n) is 8.67. The minimum atomic E-state index is -3.66. The number of rotatable bonds is 9. The molecule has 3 aromatic rings. The van der Waals surface area contributed by atoms with Crippen LogP contribution in [0.3, 0.4) is 0 Å². The van der Waals surface area contributed by atoms with Gasteiger partial charge >= 0.3 is 0 Å². The Bertz CT molecular complexity index is 1230. The fourth-order valence-electron chi connectivity index (χ4n) is 4.04. The number of nitrogens with one attached hydrogen (secondary N) is 1. The quantitative estimate of drug-likeness (QED) is 0.495. The molecule has 4 rings (SSSR count). The summed E-state index contributed by atoms with van der Waals surface area (Å²) in [6.07, 6.45) is 0. The average Bonchev–Trinajstić information content (AvgIpc) is 2.88. The van der Waals surface area contributed by atoms with Crippen LogP contribution in [0.25, 0.3) is 0 Å². The van der Waals surface area contributed by atoms with E-state index in [2.05, 4.69) is 21.8 Å². The number of amides is 1. The highest BCUT2D eigenvalue weighted by molar-refractivity contribution is 7.89. The van der Waals surface area contributed by atoms with Crippen molar-refractivity contribution >= 4 is 15.9 Å². The van der Waals surface area contributed by atoms with E-state index in [0.29, 0.717) is 24.4 Å². The first-order valence-electron chi connectivity index (χ1n) is 11.7. The summed E-state index contributed by atoms with van der Waals surface area (Å²) >= 11 is 0. The standard InChI is InChI=1S/C27H31N3O4S/c1-22-18-25(35(32,33)28-19-23-8-4-2-5-9-23)12-13-26(22)34-21-27(31)30-16-14-29(15-17-30)20-24-10-6-3-7-11-24/h2-13,18,28H,14-17,19-21H2,1H3. The predicted molar refractivity (Wildman–Crippen MR) is 135 cm³/mol. The van der Waals surface area contributed by atoms with E-state index in [-0.39, 0.29) is 24.0 Å². The van der Waals surface area contributed by atoms with Crippen LogP contribution in [0.4, 0.5) is 0 Å². The van der Waals surface area contributed by atoms with Gasteiger partial charge in [0.2, 0.25) is 10.0 Å². The molecule has 0 bridgehead atoms. The van der Waals surface area contributed by atoms with Gasteiger partial charge < -0.3 is 9.64 Å². The summed E-state index contributed by atoms with van der Waals surface area (Å²) in [5, 5.41) is 0. The molecule has 0 aliphatic carbocycles. The molecule has 0 saturated carbocycles. The Morgan fingerprint density at radius 2 is 1.51 bits per heavy atom. The lowest BCUT2D eigenvalue weighted by molar-refractivity contribution is -0.135. The van der Waals surface area contributed by atoms with Crippen molar-refractivity contribution in [3.05, 3.63) is 95.6 Å². The van der Waals surface area contributed by atoms with Gasteiger partial charge in [-0.15, -0.1) is 0 Å². The van der Waals surface area contributed by atoms with Crippen molar-refractivity contribution in [1.29, 1.82) is 0 Å². The van der Waals surface area contributed by atoms with Crippen LogP contribution < -0.4 is 9.46 Å². The molecule has 0 unspecified atom stereocenters. The van der Waals surface area contributed by atoms with E-state index < -0.39 is 10.0 Å². The minimum absolute atomic E-state index is 0.0648. The molecule has 1 heterocycles. The number of hydrogen-bond acceptors (Lipinski definition) is 5. The molecular formula is C27H31N3O4S. The molecule has 1 amide bonds. The average molecular weight is 494 g/mol. The van der Waals surface area contributed by atoms with E-state index in [1.807, 2.05) is 53.4 Å². The molecular weight excluding hydrogens is 462 g/mol. The van der Waals surface area contributed by atoms with E-state index in [0.717, 1.165) is 25.2 Å². The summed E-state index contributed by atoms with van der Waals surface area (Å²) < 4.78 is 33.7. The Balaban J connectivity index is 1.26. The van der Waals surface area contributed by atoms with Crippen LogP contribution in [0, 0.1) is 6.92 Å². The van der Waals surface area contributed by atoms with Crippen LogP contribution in [0.2, 0.25) is 0 Å². The topological polar surface area (TPSA) is 78.9 Å². The van der Waals surface area contributed by atoms with Crippen molar-refractivity contribution in [1.82, 2.24) is 14.5 Å². The Kier molecular flexibility index (Phi) is 8.17. The summed E-state index contributed by atoms with van der Waals surface area (Å²) in [7, 11) is -3.66. The smallest absolute Gasteiger partial charge is 0.260 e. The van der Waals surface area contributed by atoms with Crippen molar-refractivity contribution in [3.8, 4) is 5.75 Å². The molecule has 0 aromatic heterocycles. The van der Waals surface area contributed by atoms with E-state index in [9.17, 15) is 13.2 Å². The normalized spacial score (nSPS) is 14.6. The van der Waals surface area contributed by atoms with Gasteiger partial charge in [-0.25, -0.2) is 13.1 Å². The number of aryl methyl sites for hydroxylation is 1. The lowest BCUT2D eigenvalue weighted by Gasteiger charge is -2.34. The van der Waals surface area contributed by atoms with Crippen molar-refractivity contribution in [2.75, 3.05) is 32.8 Å². The number of piperazine rings is 1. The molecule has 1 fully saturated rings. The summed E-state index contributed by atoms with van der Waals surface area (Å²) in [4.78, 5) is 17.0. The predicted octanol–water partition coefficient (Wildman–Crippen LogP) is 3.20. The van der Waals surface area contributed by atoms with Crippen molar-refractivity contribution in [2.24, 2.45) is 0 Å². The monoisotopic (exact) mass is 493 g/mol. The molecule has 0 atom stereocenters. The molecule has 184 valence electrons. The van der Waals surface area contributed by atoms with Crippen molar-refractivity contribution in [3.63, 3.8) is 0 Å². The highest BCUT2D eigenvalue weighted by Gasteiger charge is 2.22. The van der Waals surface area contributed by atoms with Crippen LogP contribution in [-0.4, -0.2) is 56.9 Å². The van der Waals surface area contributed by atoms with Gasteiger partial charge in [-0.2, -0.15) is 0 Å². The molecule has 1 N–H and O–H groups in total. The summed E-state index contributed by atoms with van der Waals surface area (Å²) in [6, 6.07) is 24.3. The molecule has 1 aliphatic heterocycles. The van der Waals surface area contributed by atoms with E-state index in [4.69, 9.17) is 4.74 Å². The van der Waals surface area contributed by atoms with Crippen molar-refractivity contribution < 1.29 is 17.9 Å². The third kappa shape index (κ3) is 6.91. The summed E-state index contributed by atoms with van der Waals surface area (Å²) in [5.41, 5.74) is 2.81. The molecule has 7 nitrogen and oxygen atoms in total. The Labute approximate surface area is 207 Å². The fourth-order valence-corrected chi connectivity index (χ4v) is 5.14. The SMILES string of the molecule is Cc1cc(S(=O)(=O)NCc2ccccc2)ccc1OCC(=O)N1CCN(Cc2ccccc2)CC1. The number of sulfonamides is 1. The summed E-state index contributed by atoms with van der Waals surface area (Å²) in [5.74, 6) is 0.438. The molecule has 0 radical (unpaired) electrons. The molecule has 35 heavy (non-hydrogen) atoms. The molecule has 3 aromatic carbocycles. The van der Waals surface area contributed by atoms with Crippen LogP contribution in [0.1, 0.15) is 16.7 Å². The van der Waals surface area contributed by atoms with Crippen LogP contribution in [0.5, 0.6) is 5.75 Å². The number of ether oxygens (including phenoxy) is 1. The lowest BCUT2D eigenvalue weighted by Crippen LogP contribution is -2.49. The van der Waals surface area contributed by atoms with Gasteiger partial charge in [0.05, 0.1) is 4.90 Å². The van der Waals surface area contributed by atoms with E-state index >= 15 is 0 Å². The Morgan fingerprint density at radius 3 is 2.14 bits per heavy atom. The maximum Gasteiger partial charge on any atom is 0.260 e.